The highest BCUT2D eigenvalue weighted by Gasteiger charge is 2.31. The first-order valence-electron chi connectivity index (χ1n) is 8.12. The maximum Gasteiger partial charge on any atom is 0.141 e. The van der Waals surface area contributed by atoms with Gasteiger partial charge >= 0.3 is 0 Å². The van der Waals surface area contributed by atoms with Crippen LogP contribution in [0.2, 0.25) is 0 Å². The van der Waals surface area contributed by atoms with Gasteiger partial charge < -0.3 is 10.2 Å². The second-order valence-corrected chi connectivity index (χ2v) is 6.09. The molecule has 0 aliphatic carbocycles. The quantitative estimate of drug-likeness (QED) is 0.841. The van der Waals surface area contributed by atoms with Gasteiger partial charge in [0.2, 0.25) is 0 Å². The second-order valence-electron chi connectivity index (χ2n) is 6.09. The molecule has 1 aromatic heterocycles. The molecule has 2 saturated heterocycles. The van der Waals surface area contributed by atoms with E-state index >= 15 is 0 Å². The van der Waals surface area contributed by atoms with E-state index in [-0.39, 0.29) is 5.82 Å². The van der Waals surface area contributed by atoms with Gasteiger partial charge in [0.15, 0.2) is 0 Å². The molecule has 0 amide bonds. The number of hydrogen-bond acceptors (Lipinski definition) is 4. The molecule has 2 aliphatic rings. The molecule has 2 aliphatic heterocycles. The van der Waals surface area contributed by atoms with Gasteiger partial charge in [-0.15, -0.1) is 0 Å². The van der Waals surface area contributed by atoms with E-state index in [4.69, 9.17) is 0 Å². The number of anilines is 1. The zero-order valence-electron chi connectivity index (χ0n) is 12.8. The van der Waals surface area contributed by atoms with E-state index in [0.29, 0.717) is 12.6 Å². The van der Waals surface area contributed by atoms with Crippen LogP contribution in [0.4, 0.5) is 10.2 Å². The number of halogens is 1. The summed E-state index contributed by atoms with van der Waals surface area (Å²) in [6.07, 6.45) is 5.01. The molecule has 1 atom stereocenters. The lowest BCUT2D eigenvalue weighted by Crippen LogP contribution is -2.50. The molecule has 1 aromatic rings. The number of aromatic nitrogens is 1. The third kappa shape index (κ3) is 3.35. The summed E-state index contributed by atoms with van der Waals surface area (Å²) in [5.74, 6) is 0.720. The van der Waals surface area contributed by atoms with Crippen molar-refractivity contribution in [2.45, 2.75) is 38.8 Å². The highest BCUT2D eigenvalue weighted by Crippen LogP contribution is 2.26. The predicted octanol–water partition coefficient (Wildman–Crippen LogP) is 2.00. The fourth-order valence-electron chi connectivity index (χ4n) is 3.47. The summed E-state index contributed by atoms with van der Waals surface area (Å²) in [5.41, 5.74) is 0.981. The molecular weight excluding hydrogens is 267 g/mol. The Morgan fingerprint density at radius 1 is 1.38 bits per heavy atom. The standard InChI is InChI=1S/C16H25FN4/c1-2-5-18-10-13-9-14(17)11-19-16(13)21-8-7-20-6-3-4-15(20)12-21/h9,11,15,18H,2-8,10,12H2,1H3. The predicted molar refractivity (Wildman–Crippen MR) is 83.0 cm³/mol. The number of nitrogens with one attached hydrogen (secondary N) is 1. The van der Waals surface area contributed by atoms with E-state index < -0.39 is 0 Å². The second kappa shape index (κ2) is 6.71. The molecule has 1 N–H and O–H groups in total. The monoisotopic (exact) mass is 292 g/mol. The van der Waals surface area contributed by atoms with Gasteiger partial charge in [-0.1, -0.05) is 6.92 Å². The first-order chi connectivity index (χ1) is 10.3. The molecule has 0 bridgehead atoms. The van der Waals surface area contributed by atoms with E-state index in [2.05, 4.69) is 27.0 Å². The summed E-state index contributed by atoms with van der Waals surface area (Å²) in [5, 5.41) is 3.36. The molecule has 3 rings (SSSR count). The number of rotatable bonds is 5. The van der Waals surface area contributed by atoms with Crippen LogP contribution in [0.5, 0.6) is 0 Å². The highest BCUT2D eigenvalue weighted by atomic mass is 19.1. The Kier molecular flexibility index (Phi) is 4.70. The van der Waals surface area contributed by atoms with E-state index in [0.717, 1.165) is 44.0 Å². The van der Waals surface area contributed by atoms with Gasteiger partial charge in [0.1, 0.15) is 11.6 Å². The first kappa shape index (κ1) is 14.7. The van der Waals surface area contributed by atoms with Crippen LogP contribution in [-0.2, 0) is 6.54 Å². The SMILES string of the molecule is CCCNCc1cc(F)cnc1N1CCN2CCCC2C1. The Hall–Kier alpha value is -1.20. The van der Waals surface area contributed by atoms with E-state index in [1.165, 1.54) is 25.6 Å². The lowest BCUT2D eigenvalue weighted by molar-refractivity contribution is 0.230. The van der Waals surface area contributed by atoms with Crippen molar-refractivity contribution in [2.75, 3.05) is 37.6 Å². The Balaban J connectivity index is 1.74. The molecule has 0 spiro atoms. The Morgan fingerprint density at radius 3 is 3.14 bits per heavy atom. The first-order valence-corrected chi connectivity index (χ1v) is 8.12. The average Bonchev–Trinajstić information content (AvgIpc) is 2.95. The van der Waals surface area contributed by atoms with Crippen LogP contribution in [0.1, 0.15) is 31.7 Å². The Labute approximate surface area is 126 Å². The molecule has 4 nitrogen and oxygen atoms in total. The van der Waals surface area contributed by atoms with Gasteiger partial charge in [0.25, 0.3) is 0 Å². The van der Waals surface area contributed by atoms with Crippen molar-refractivity contribution >= 4 is 5.82 Å². The average molecular weight is 292 g/mol. The fourth-order valence-corrected chi connectivity index (χ4v) is 3.47. The molecule has 21 heavy (non-hydrogen) atoms. The van der Waals surface area contributed by atoms with Gasteiger partial charge in [-0.3, -0.25) is 4.90 Å². The molecule has 0 radical (unpaired) electrons. The number of piperazine rings is 1. The minimum Gasteiger partial charge on any atom is -0.353 e. The van der Waals surface area contributed by atoms with Crippen LogP contribution in [-0.4, -0.2) is 48.6 Å². The van der Waals surface area contributed by atoms with Crippen LogP contribution < -0.4 is 10.2 Å². The third-order valence-electron chi connectivity index (χ3n) is 4.54. The van der Waals surface area contributed by atoms with Gasteiger partial charge in [-0.05, 0) is 38.4 Å². The number of nitrogens with zero attached hydrogens (tertiary/aromatic N) is 3. The minimum atomic E-state index is -0.244. The maximum absolute atomic E-state index is 13.5. The highest BCUT2D eigenvalue weighted by molar-refractivity contribution is 5.47. The van der Waals surface area contributed by atoms with Crippen molar-refractivity contribution < 1.29 is 4.39 Å². The third-order valence-corrected chi connectivity index (χ3v) is 4.54. The van der Waals surface area contributed by atoms with Crippen molar-refractivity contribution in [3.8, 4) is 0 Å². The molecule has 0 aromatic carbocycles. The van der Waals surface area contributed by atoms with Crippen LogP contribution in [0, 0.1) is 5.82 Å². The van der Waals surface area contributed by atoms with Gasteiger partial charge in [0.05, 0.1) is 6.20 Å². The zero-order chi connectivity index (χ0) is 14.7. The molecule has 5 heteroatoms. The molecule has 1 unspecified atom stereocenters. The zero-order valence-corrected chi connectivity index (χ0v) is 12.8. The summed E-state index contributed by atoms with van der Waals surface area (Å²) in [7, 11) is 0. The van der Waals surface area contributed by atoms with Gasteiger partial charge in [-0.25, -0.2) is 9.37 Å². The normalized spacial score (nSPS) is 22.6. The lowest BCUT2D eigenvalue weighted by Gasteiger charge is -2.38. The Morgan fingerprint density at radius 2 is 2.29 bits per heavy atom. The Bertz CT molecular complexity index is 479. The van der Waals surface area contributed by atoms with Crippen molar-refractivity contribution in [1.29, 1.82) is 0 Å². The number of pyridine rings is 1. The van der Waals surface area contributed by atoms with Crippen LogP contribution in [0.25, 0.3) is 0 Å². The van der Waals surface area contributed by atoms with Crippen molar-refractivity contribution in [1.82, 2.24) is 15.2 Å². The fraction of sp³-hybridized carbons (Fsp3) is 0.688. The van der Waals surface area contributed by atoms with Gasteiger partial charge in [0, 0.05) is 37.8 Å². The number of fused-ring (bicyclic) bond motifs is 1. The van der Waals surface area contributed by atoms with Crippen molar-refractivity contribution in [3.05, 3.63) is 23.6 Å². The van der Waals surface area contributed by atoms with Crippen LogP contribution in [0.3, 0.4) is 0 Å². The van der Waals surface area contributed by atoms with Crippen LogP contribution in [0.15, 0.2) is 12.3 Å². The molecule has 3 heterocycles. The molecule has 116 valence electrons. The van der Waals surface area contributed by atoms with Crippen molar-refractivity contribution in [3.63, 3.8) is 0 Å². The number of hydrogen-bond donors (Lipinski definition) is 1. The van der Waals surface area contributed by atoms with E-state index in [9.17, 15) is 4.39 Å². The summed E-state index contributed by atoms with van der Waals surface area (Å²) < 4.78 is 13.5. The molecule has 2 fully saturated rings. The molecule has 0 saturated carbocycles. The van der Waals surface area contributed by atoms with Crippen molar-refractivity contribution in [2.24, 2.45) is 0 Å². The topological polar surface area (TPSA) is 31.4 Å². The molecular formula is C16H25FN4. The largest absolute Gasteiger partial charge is 0.353 e. The van der Waals surface area contributed by atoms with E-state index in [1.54, 1.807) is 6.07 Å². The lowest BCUT2D eigenvalue weighted by atomic mass is 10.1. The maximum atomic E-state index is 13.5. The smallest absolute Gasteiger partial charge is 0.141 e. The summed E-state index contributed by atoms with van der Waals surface area (Å²) in [6.45, 7) is 8.14. The summed E-state index contributed by atoms with van der Waals surface area (Å²) in [4.78, 5) is 9.31. The van der Waals surface area contributed by atoms with Gasteiger partial charge in [-0.2, -0.15) is 0 Å². The minimum absolute atomic E-state index is 0.244. The van der Waals surface area contributed by atoms with Crippen LogP contribution >= 0.6 is 0 Å². The summed E-state index contributed by atoms with van der Waals surface area (Å²) in [6, 6.07) is 2.29. The van der Waals surface area contributed by atoms with E-state index in [1.807, 2.05) is 0 Å². The summed E-state index contributed by atoms with van der Waals surface area (Å²) >= 11 is 0.